The highest BCUT2D eigenvalue weighted by molar-refractivity contribution is 7.79. The van der Waals surface area contributed by atoms with Crippen LogP contribution in [0.1, 0.15) is 111 Å². The minimum atomic E-state index is -2.73. The van der Waals surface area contributed by atoms with Crippen molar-refractivity contribution in [2.24, 2.45) is 23.2 Å². The number of hydrogen-bond acceptors (Lipinski definition) is 1. The molecule has 0 radical (unpaired) electrons. The molecule has 1 saturated carbocycles. The van der Waals surface area contributed by atoms with E-state index in [4.69, 9.17) is 0 Å². The predicted molar refractivity (Wildman–Crippen MR) is 139 cm³/mol. The number of aryl methyl sites for hydroxylation is 1. The average molecular weight is 457 g/mol. The van der Waals surface area contributed by atoms with Crippen LogP contribution in [-0.4, -0.2) is 6.26 Å². The molecule has 0 N–H and O–H groups in total. The van der Waals surface area contributed by atoms with E-state index in [1.54, 1.807) is 18.4 Å². The molecule has 1 aliphatic carbocycles. The molecule has 0 amide bonds. The highest BCUT2D eigenvalue weighted by Crippen LogP contribution is 2.33. The molecule has 0 nitrogen and oxygen atoms in total. The van der Waals surface area contributed by atoms with Gasteiger partial charge in [-0.3, -0.25) is 0 Å². The minimum Gasteiger partial charge on any atom is -0.202 e. The molecule has 1 aromatic rings. The normalized spacial score (nSPS) is 20.1. The molecule has 3 atom stereocenters. The van der Waals surface area contributed by atoms with Gasteiger partial charge in [0.15, 0.2) is 0 Å². The maximum atomic E-state index is 13.3. The van der Waals surface area contributed by atoms with E-state index in [-0.39, 0.29) is 5.56 Å². The summed E-state index contributed by atoms with van der Waals surface area (Å²) in [6.45, 7) is 14.4. The molecule has 0 spiro atoms. The fraction of sp³-hybridized carbons (Fsp3) is 0.786. The molecule has 31 heavy (non-hydrogen) atoms. The van der Waals surface area contributed by atoms with Gasteiger partial charge in [-0.05, 0) is 54.3 Å². The zero-order chi connectivity index (χ0) is 24.1. The number of thiol groups is 1. The van der Waals surface area contributed by atoms with Crippen molar-refractivity contribution in [3.05, 3.63) is 35.4 Å². The number of rotatable bonds is 8. The molecular formula is C28H50F2S. The van der Waals surface area contributed by atoms with Gasteiger partial charge in [0, 0.05) is 12.5 Å². The summed E-state index contributed by atoms with van der Waals surface area (Å²) in [7, 11) is 0. The van der Waals surface area contributed by atoms with E-state index in [0.717, 1.165) is 31.1 Å². The second-order valence-electron chi connectivity index (χ2n) is 11.1. The van der Waals surface area contributed by atoms with E-state index in [0.29, 0.717) is 5.41 Å². The predicted octanol–water partition coefficient (Wildman–Crippen LogP) is 9.96. The van der Waals surface area contributed by atoms with Gasteiger partial charge in [-0.15, -0.1) is 0 Å². The first-order valence-electron chi connectivity index (χ1n) is 12.3. The van der Waals surface area contributed by atoms with Crippen LogP contribution < -0.4 is 0 Å². The zero-order valence-electron chi connectivity index (χ0n) is 21.6. The number of halogens is 2. The molecule has 2 rings (SSSR count). The molecule has 182 valence electrons. The van der Waals surface area contributed by atoms with Crippen LogP contribution in [0.4, 0.5) is 8.78 Å². The van der Waals surface area contributed by atoms with Gasteiger partial charge in [0.1, 0.15) is 0 Å². The van der Waals surface area contributed by atoms with Gasteiger partial charge in [-0.1, -0.05) is 104 Å². The van der Waals surface area contributed by atoms with Crippen LogP contribution >= 0.6 is 12.6 Å². The van der Waals surface area contributed by atoms with Crippen LogP contribution in [0, 0.1) is 23.2 Å². The lowest BCUT2D eigenvalue weighted by Gasteiger charge is -2.28. The molecule has 3 unspecified atom stereocenters. The number of benzene rings is 1. The standard InChI is InChI=1S/C22H34F2.C5H12.CH4S/c1-4-18(9-11-20-7-5-6-17(2)16-20)8-10-19-12-14-21(15-13-19)22(3,23)24;1-5(2,3)4;1-2/h12-15,17-18,20H,4-11,16H2,1-3H3;1-4H3;2H,1H3. The Balaban J connectivity index is 0.00000113. The molecule has 0 saturated heterocycles. The Labute approximate surface area is 198 Å². The van der Waals surface area contributed by atoms with Crippen molar-refractivity contribution >= 4 is 12.6 Å². The summed E-state index contributed by atoms with van der Waals surface area (Å²) < 4.78 is 26.5. The summed E-state index contributed by atoms with van der Waals surface area (Å²) in [6, 6.07) is 6.92. The van der Waals surface area contributed by atoms with Crippen molar-refractivity contribution in [3.8, 4) is 0 Å². The fourth-order valence-corrected chi connectivity index (χ4v) is 4.18. The van der Waals surface area contributed by atoms with E-state index in [1.807, 2.05) is 12.1 Å². The number of alkyl halides is 2. The Kier molecular flexibility index (Phi) is 15.0. The van der Waals surface area contributed by atoms with Crippen LogP contribution in [0.15, 0.2) is 24.3 Å². The van der Waals surface area contributed by atoms with Gasteiger partial charge in [-0.2, -0.15) is 12.6 Å². The molecule has 0 aromatic heterocycles. The van der Waals surface area contributed by atoms with E-state index < -0.39 is 5.92 Å². The molecule has 1 aromatic carbocycles. The second kappa shape index (κ2) is 15.3. The highest BCUT2D eigenvalue weighted by atomic mass is 32.1. The van der Waals surface area contributed by atoms with Crippen molar-refractivity contribution in [2.45, 2.75) is 112 Å². The van der Waals surface area contributed by atoms with Crippen LogP contribution in [0.2, 0.25) is 0 Å². The highest BCUT2D eigenvalue weighted by Gasteiger charge is 2.23. The lowest BCUT2D eigenvalue weighted by atomic mass is 9.78. The lowest BCUT2D eigenvalue weighted by Crippen LogP contribution is -2.14. The van der Waals surface area contributed by atoms with Crippen LogP contribution in [0.5, 0.6) is 0 Å². The minimum absolute atomic E-state index is 0.115. The quantitative estimate of drug-likeness (QED) is 0.370. The van der Waals surface area contributed by atoms with Crippen LogP contribution in [-0.2, 0) is 12.3 Å². The largest absolute Gasteiger partial charge is 0.270 e. The Hall–Kier alpha value is -0.570. The third-order valence-electron chi connectivity index (χ3n) is 5.91. The van der Waals surface area contributed by atoms with Crippen LogP contribution in [0.25, 0.3) is 0 Å². The zero-order valence-corrected chi connectivity index (χ0v) is 22.5. The van der Waals surface area contributed by atoms with Gasteiger partial charge in [-0.25, -0.2) is 8.78 Å². The van der Waals surface area contributed by atoms with Gasteiger partial charge in [0.2, 0.25) is 0 Å². The molecule has 1 aliphatic rings. The summed E-state index contributed by atoms with van der Waals surface area (Å²) in [5.74, 6) is -0.107. The first kappa shape index (κ1) is 30.4. The SMILES string of the molecule is CC(C)(C)C.CCC(CCc1ccc(C(C)(F)F)cc1)CCC1CCCC(C)C1.CS. The molecular weight excluding hydrogens is 406 g/mol. The molecule has 1 fully saturated rings. The van der Waals surface area contributed by atoms with Gasteiger partial charge < -0.3 is 0 Å². The summed E-state index contributed by atoms with van der Waals surface area (Å²) in [5, 5.41) is 0. The topological polar surface area (TPSA) is 0 Å². The molecule has 3 heteroatoms. The van der Waals surface area contributed by atoms with Gasteiger partial charge in [0.25, 0.3) is 5.92 Å². The monoisotopic (exact) mass is 456 g/mol. The number of hydrogen-bond donors (Lipinski definition) is 1. The Morgan fingerprint density at radius 2 is 1.52 bits per heavy atom. The Morgan fingerprint density at radius 3 is 1.97 bits per heavy atom. The van der Waals surface area contributed by atoms with Crippen molar-refractivity contribution < 1.29 is 8.78 Å². The van der Waals surface area contributed by atoms with Gasteiger partial charge >= 0.3 is 0 Å². The lowest BCUT2D eigenvalue weighted by molar-refractivity contribution is 0.0174. The maximum absolute atomic E-state index is 13.3. The van der Waals surface area contributed by atoms with Crippen molar-refractivity contribution in [1.82, 2.24) is 0 Å². The average Bonchev–Trinajstić information content (AvgIpc) is 2.68. The van der Waals surface area contributed by atoms with E-state index in [9.17, 15) is 8.78 Å². The summed E-state index contributed by atoms with van der Waals surface area (Å²) >= 11 is 3.53. The smallest absolute Gasteiger partial charge is 0.202 e. The van der Waals surface area contributed by atoms with Crippen molar-refractivity contribution in [2.75, 3.05) is 6.26 Å². The van der Waals surface area contributed by atoms with Crippen molar-refractivity contribution in [1.29, 1.82) is 0 Å². The molecule has 0 aliphatic heterocycles. The Bertz CT molecular complexity index is 548. The van der Waals surface area contributed by atoms with E-state index in [1.165, 1.54) is 56.9 Å². The molecule has 0 heterocycles. The second-order valence-corrected chi connectivity index (χ2v) is 11.1. The molecule has 0 bridgehead atoms. The van der Waals surface area contributed by atoms with E-state index in [2.05, 4.69) is 54.2 Å². The van der Waals surface area contributed by atoms with E-state index >= 15 is 0 Å². The first-order chi connectivity index (χ1) is 14.4. The van der Waals surface area contributed by atoms with Gasteiger partial charge in [0.05, 0.1) is 0 Å². The maximum Gasteiger partial charge on any atom is 0.270 e. The fourth-order valence-electron chi connectivity index (χ4n) is 4.18. The van der Waals surface area contributed by atoms with Crippen molar-refractivity contribution in [3.63, 3.8) is 0 Å². The Morgan fingerprint density at radius 1 is 0.968 bits per heavy atom. The summed E-state index contributed by atoms with van der Waals surface area (Å²) in [5.41, 5.74) is 1.80. The first-order valence-corrected chi connectivity index (χ1v) is 13.2. The third kappa shape index (κ3) is 15.8. The summed E-state index contributed by atoms with van der Waals surface area (Å²) in [4.78, 5) is 0. The summed E-state index contributed by atoms with van der Waals surface area (Å²) in [6.07, 6.45) is 13.5. The third-order valence-corrected chi connectivity index (χ3v) is 5.91. The van der Waals surface area contributed by atoms with Crippen LogP contribution in [0.3, 0.4) is 0 Å².